The molecule has 4 aromatic rings. The smallest absolute Gasteiger partial charge is 0.336 e. The zero-order valence-electron chi connectivity index (χ0n) is 17.7. The summed E-state index contributed by atoms with van der Waals surface area (Å²) in [6.45, 7) is 0.716. The Labute approximate surface area is 180 Å². The van der Waals surface area contributed by atoms with E-state index in [1.54, 1.807) is 28.9 Å². The van der Waals surface area contributed by atoms with Crippen molar-refractivity contribution in [1.29, 1.82) is 0 Å². The fraction of sp³-hybridized carbons (Fsp3) is 0.333. The van der Waals surface area contributed by atoms with E-state index in [4.69, 9.17) is 0 Å². The van der Waals surface area contributed by atoms with Crippen LogP contribution < -0.4 is 0 Å². The zero-order valence-corrected chi connectivity index (χ0v) is 17.7. The lowest BCUT2D eigenvalue weighted by atomic mass is 10.0. The van der Waals surface area contributed by atoms with Gasteiger partial charge in [-0.3, -0.25) is 14.2 Å². The highest BCUT2D eigenvalue weighted by Gasteiger charge is 2.36. The van der Waals surface area contributed by atoms with Gasteiger partial charge in [0.15, 0.2) is 5.69 Å². The van der Waals surface area contributed by atoms with E-state index in [2.05, 4.69) is 15.2 Å². The average molecular weight is 443 g/mol. The third-order valence-corrected chi connectivity index (χ3v) is 5.90. The third-order valence-electron chi connectivity index (χ3n) is 5.90. The number of halogens is 3. The summed E-state index contributed by atoms with van der Waals surface area (Å²) in [5, 5.41) is 8.92. The van der Waals surface area contributed by atoms with E-state index in [0.717, 1.165) is 22.7 Å². The van der Waals surface area contributed by atoms with E-state index in [9.17, 15) is 18.0 Å². The summed E-state index contributed by atoms with van der Waals surface area (Å²) in [6, 6.07) is 4.61. The summed E-state index contributed by atoms with van der Waals surface area (Å²) in [7, 11) is 5.04. The minimum Gasteiger partial charge on any atom is -0.336 e. The molecule has 0 aliphatic carbocycles. The van der Waals surface area contributed by atoms with Crippen LogP contribution in [0.2, 0.25) is 0 Å². The summed E-state index contributed by atoms with van der Waals surface area (Å²) in [5.41, 5.74) is 2.80. The Kier molecular flexibility index (Phi) is 4.40. The van der Waals surface area contributed by atoms with Crippen LogP contribution in [0.4, 0.5) is 13.2 Å². The van der Waals surface area contributed by atoms with Crippen LogP contribution in [-0.2, 0) is 40.3 Å². The number of alkyl halides is 3. The number of fused-ring (bicyclic) bond motifs is 2. The summed E-state index contributed by atoms with van der Waals surface area (Å²) < 4.78 is 44.0. The fourth-order valence-electron chi connectivity index (χ4n) is 4.36. The lowest BCUT2D eigenvalue weighted by Crippen LogP contribution is -2.36. The second kappa shape index (κ2) is 6.94. The van der Waals surface area contributed by atoms with Crippen LogP contribution in [0.1, 0.15) is 27.3 Å². The largest absolute Gasteiger partial charge is 0.435 e. The number of aryl methyl sites for hydroxylation is 3. The summed E-state index contributed by atoms with van der Waals surface area (Å²) in [4.78, 5) is 19.3. The molecule has 11 heteroatoms. The summed E-state index contributed by atoms with van der Waals surface area (Å²) in [5.74, 6) is -0.124. The van der Waals surface area contributed by atoms with Gasteiger partial charge in [0.2, 0.25) is 0 Å². The van der Waals surface area contributed by atoms with E-state index in [-0.39, 0.29) is 12.5 Å². The predicted octanol–water partition coefficient (Wildman–Crippen LogP) is 2.92. The highest BCUT2D eigenvalue weighted by atomic mass is 19.4. The number of hydrogen-bond acceptors (Lipinski definition) is 4. The van der Waals surface area contributed by atoms with Crippen molar-refractivity contribution >= 4 is 16.9 Å². The molecule has 1 amide bonds. The van der Waals surface area contributed by atoms with E-state index in [1.165, 1.54) is 11.7 Å². The second-order valence-electron chi connectivity index (χ2n) is 7.93. The van der Waals surface area contributed by atoms with Gasteiger partial charge < -0.3 is 9.47 Å². The first-order valence-corrected chi connectivity index (χ1v) is 10.0. The number of rotatable bonds is 2. The SMILES string of the molecule is Cn1nc(C(F)(F)F)cc1-c1c2c(nn1C)CN(C(=O)c1ccnc3c1ccn3C)CC2. The highest BCUT2D eigenvalue weighted by molar-refractivity contribution is 6.05. The Morgan fingerprint density at radius 3 is 2.59 bits per heavy atom. The number of pyridine rings is 1. The van der Waals surface area contributed by atoms with Crippen LogP contribution in [0.5, 0.6) is 0 Å². The van der Waals surface area contributed by atoms with Crippen molar-refractivity contribution in [2.45, 2.75) is 19.1 Å². The molecule has 0 saturated heterocycles. The topological polar surface area (TPSA) is 73.8 Å². The molecule has 0 spiro atoms. The number of nitrogens with zero attached hydrogens (tertiary/aromatic N) is 7. The van der Waals surface area contributed by atoms with Gasteiger partial charge in [-0.05, 0) is 24.6 Å². The second-order valence-corrected chi connectivity index (χ2v) is 7.93. The van der Waals surface area contributed by atoms with Crippen molar-refractivity contribution < 1.29 is 18.0 Å². The molecule has 0 bridgehead atoms. The molecular weight excluding hydrogens is 423 g/mol. The van der Waals surface area contributed by atoms with Crippen LogP contribution in [0, 0.1) is 0 Å². The normalized spacial score (nSPS) is 14.2. The van der Waals surface area contributed by atoms with Gasteiger partial charge in [0, 0.05) is 51.0 Å². The molecule has 32 heavy (non-hydrogen) atoms. The maximum absolute atomic E-state index is 13.3. The number of aromatic nitrogens is 6. The first-order valence-electron chi connectivity index (χ1n) is 10.0. The van der Waals surface area contributed by atoms with Gasteiger partial charge in [-0.2, -0.15) is 23.4 Å². The van der Waals surface area contributed by atoms with E-state index >= 15 is 0 Å². The van der Waals surface area contributed by atoms with Crippen LogP contribution in [0.25, 0.3) is 22.4 Å². The van der Waals surface area contributed by atoms with Gasteiger partial charge in [-0.15, -0.1) is 0 Å². The van der Waals surface area contributed by atoms with Crippen LogP contribution in [0.3, 0.4) is 0 Å². The minimum atomic E-state index is -4.52. The van der Waals surface area contributed by atoms with E-state index in [1.807, 2.05) is 23.9 Å². The Bertz CT molecular complexity index is 1360. The number of amides is 1. The zero-order chi connectivity index (χ0) is 22.8. The Hall–Kier alpha value is -3.63. The van der Waals surface area contributed by atoms with Crippen LogP contribution in [-0.4, -0.2) is 46.5 Å². The number of carbonyl (C=O) groups excluding carboxylic acids is 1. The molecule has 8 nitrogen and oxygen atoms in total. The lowest BCUT2D eigenvalue weighted by Gasteiger charge is -2.27. The fourth-order valence-corrected chi connectivity index (χ4v) is 4.36. The lowest BCUT2D eigenvalue weighted by molar-refractivity contribution is -0.141. The van der Waals surface area contributed by atoms with Crippen molar-refractivity contribution in [2.24, 2.45) is 21.1 Å². The average Bonchev–Trinajstić information content (AvgIpc) is 3.41. The molecule has 1 aliphatic rings. The number of hydrogen-bond donors (Lipinski definition) is 0. The molecule has 0 fully saturated rings. The molecular formula is C21H20F3N7O. The first-order chi connectivity index (χ1) is 15.1. The molecule has 0 atom stereocenters. The van der Waals surface area contributed by atoms with Crippen LogP contribution in [0.15, 0.2) is 30.6 Å². The molecule has 0 unspecified atom stereocenters. The van der Waals surface area contributed by atoms with Crippen molar-refractivity contribution in [2.75, 3.05) is 6.54 Å². The molecule has 0 saturated carbocycles. The maximum atomic E-state index is 13.3. The quantitative estimate of drug-likeness (QED) is 0.478. The molecule has 4 aromatic heterocycles. The molecule has 1 aliphatic heterocycles. The molecule has 166 valence electrons. The molecule has 0 N–H and O–H groups in total. The van der Waals surface area contributed by atoms with Crippen molar-refractivity contribution in [3.05, 3.63) is 53.1 Å². The summed E-state index contributed by atoms with van der Waals surface area (Å²) in [6.07, 6.45) is -0.563. The first kappa shape index (κ1) is 20.3. The predicted molar refractivity (Wildman–Crippen MR) is 110 cm³/mol. The standard InChI is InChI=1S/C21H20F3N7O/c1-28-8-5-12-13(4-7-25-19(12)28)20(32)31-9-6-14-15(11-31)26-30(3)18(14)16-10-17(21(22,23)24)27-29(16)2/h4-5,7-8,10H,6,9,11H2,1-3H3. The highest BCUT2D eigenvalue weighted by Crippen LogP contribution is 2.35. The third kappa shape index (κ3) is 3.07. The van der Waals surface area contributed by atoms with Gasteiger partial charge in [0.1, 0.15) is 5.65 Å². The van der Waals surface area contributed by atoms with E-state index < -0.39 is 11.9 Å². The molecule has 0 aromatic carbocycles. The Balaban J connectivity index is 1.48. The molecule has 0 radical (unpaired) electrons. The molecule has 5 heterocycles. The Morgan fingerprint density at radius 2 is 1.88 bits per heavy atom. The number of carbonyl (C=O) groups is 1. The van der Waals surface area contributed by atoms with Crippen molar-refractivity contribution in [1.82, 2.24) is 34.0 Å². The Morgan fingerprint density at radius 1 is 1.09 bits per heavy atom. The van der Waals surface area contributed by atoms with Crippen molar-refractivity contribution in [3.63, 3.8) is 0 Å². The van der Waals surface area contributed by atoms with E-state index in [0.29, 0.717) is 35.6 Å². The minimum absolute atomic E-state index is 0.124. The monoisotopic (exact) mass is 443 g/mol. The maximum Gasteiger partial charge on any atom is 0.435 e. The van der Waals surface area contributed by atoms with Gasteiger partial charge in [0.25, 0.3) is 5.91 Å². The van der Waals surface area contributed by atoms with Gasteiger partial charge in [-0.25, -0.2) is 4.98 Å². The summed E-state index contributed by atoms with van der Waals surface area (Å²) >= 11 is 0. The van der Waals surface area contributed by atoms with Crippen molar-refractivity contribution in [3.8, 4) is 11.4 Å². The van der Waals surface area contributed by atoms with Gasteiger partial charge in [-0.1, -0.05) is 0 Å². The van der Waals surface area contributed by atoms with Gasteiger partial charge in [0.05, 0.1) is 29.2 Å². The van der Waals surface area contributed by atoms with Crippen LogP contribution >= 0.6 is 0 Å². The molecule has 5 rings (SSSR count). The van der Waals surface area contributed by atoms with Gasteiger partial charge >= 0.3 is 6.18 Å².